The largest absolute Gasteiger partial charge is 0.395 e. The van der Waals surface area contributed by atoms with Gasteiger partial charge in [-0.1, -0.05) is 12.1 Å². The molecule has 0 amide bonds. The molecule has 0 aliphatic carbocycles. The van der Waals surface area contributed by atoms with E-state index in [2.05, 4.69) is 15.7 Å². The molecule has 0 saturated carbocycles. The second-order valence-electron chi connectivity index (χ2n) is 7.69. The summed E-state index contributed by atoms with van der Waals surface area (Å²) in [4.78, 5) is 25.0. The highest BCUT2D eigenvalue weighted by molar-refractivity contribution is 5.77. The zero-order chi connectivity index (χ0) is 19.8. The Labute approximate surface area is 168 Å². The number of hydrogen-bond donors (Lipinski definition) is 1. The van der Waals surface area contributed by atoms with Crippen LogP contribution in [-0.4, -0.2) is 48.9 Å². The van der Waals surface area contributed by atoms with Crippen LogP contribution in [0.1, 0.15) is 36.2 Å². The maximum Gasteiger partial charge on any atom is 0.261 e. The lowest BCUT2D eigenvalue weighted by molar-refractivity contribution is 0.0816. The first-order chi connectivity index (χ1) is 14.2. The molecule has 0 radical (unpaired) electrons. The first-order valence-electron chi connectivity index (χ1n) is 10.2. The third kappa shape index (κ3) is 3.37. The molecule has 8 heteroatoms. The quantitative estimate of drug-likeness (QED) is 0.704. The van der Waals surface area contributed by atoms with E-state index < -0.39 is 0 Å². The lowest BCUT2D eigenvalue weighted by Gasteiger charge is -2.25. The van der Waals surface area contributed by atoms with E-state index in [9.17, 15) is 9.90 Å². The number of benzene rings is 1. The summed E-state index contributed by atoms with van der Waals surface area (Å²) in [5.74, 6) is 1.72. The molecule has 4 heterocycles. The van der Waals surface area contributed by atoms with Crippen LogP contribution in [0.4, 0.5) is 0 Å². The van der Waals surface area contributed by atoms with Crippen LogP contribution in [0.2, 0.25) is 0 Å². The van der Waals surface area contributed by atoms with Gasteiger partial charge in [0, 0.05) is 19.3 Å². The summed E-state index contributed by atoms with van der Waals surface area (Å²) in [5, 5.41) is 10.1. The predicted molar refractivity (Wildman–Crippen MR) is 107 cm³/mol. The first kappa shape index (κ1) is 18.5. The van der Waals surface area contributed by atoms with Crippen molar-refractivity contribution in [2.45, 2.75) is 45.1 Å². The molecule has 0 spiro atoms. The van der Waals surface area contributed by atoms with Crippen LogP contribution in [0.3, 0.4) is 0 Å². The van der Waals surface area contributed by atoms with E-state index in [1.807, 2.05) is 18.2 Å². The van der Waals surface area contributed by atoms with Gasteiger partial charge in [0.2, 0.25) is 0 Å². The van der Waals surface area contributed by atoms with E-state index in [1.165, 1.54) is 0 Å². The highest BCUT2D eigenvalue weighted by atomic mass is 16.5. The van der Waals surface area contributed by atoms with Crippen LogP contribution in [0.5, 0.6) is 0 Å². The molecule has 1 N–H and O–H groups in total. The van der Waals surface area contributed by atoms with Gasteiger partial charge in [0.25, 0.3) is 5.56 Å². The van der Waals surface area contributed by atoms with Gasteiger partial charge in [-0.15, -0.1) is 0 Å². The van der Waals surface area contributed by atoms with Crippen molar-refractivity contribution in [3.05, 3.63) is 58.2 Å². The number of para-hydroxylation sites is 1. The Morgan fingerprint density at radius 3 is 2.97 bits per heavy atom. The molecule has 29 heavy (non-hydrogen) atoms. The standard InChI is InChI=1S/C21H25N5O3/c27-10-8-26-20(23-17-5-2-1-4-16(17)21(26)28)18-6-3-7-24(18)12-15-13-25-9-11-29-14-19(25)22-15/h1-2,4-5,13,18,27H,3,6-12,14H2. The summed E-state index contributed by atoms with van der Waals surface area (Å²) in [5.41, 5.74) is 1.65. The number of aromatic nitrogens is 4. The van der Waals surface area contributed by atoms with E-state index >= 15 is 0 Å². The van der Waals surface area contributed by atoms with E-state index in [-0.39, 0.29) is 24.8 Å². The molecule has 2 aliphatic rings. The fourth-order valence-electron chi connectivity index (χ4n) is 4.50. The Morgan fingerprint density at radius 1 is 1.21 bits per heavy atom. The first-order valence-corrected chi connectivity index (χ1v) is 10.2. The minimum atomic E-state index is -0.0899. The summed E-state index contributed by atoms with van der Waals surface area (Å²) in [6.45, 7) is 3.95. The van der Waals surface area contributed by atoms with Crippen molar-refractivity contribution in [2.75, 3.05) is 19.8 Å². The van der Waals surface area contributed by atoms with E-state index in [0.717, 1.165) is 49.9 Å². The van der Waals surface area contributed by atoms with Crippen LogP contribution in [0.25, 0.3) is 10.9 Å². The second-order valence-corrected chi connectivity index (χ2v) is 7.69. The van der Waals surface area contributed by atoms with Gasteiger partial charge in [-0.2, -0.15) is 0 Å². The number of nitrogens with zero attached hydrogens (tertiary/aromatic N) is 5. The van der Waals surface area contributed by atoms with Gasteiger partial charge in [0.1, 0.15) is 18.3 Å². The fraction of sp³-hybridized carbons (Fsp3) is 0.476. The number of likely N-dealkylation sites (tertiary alicyclic amines) is 1. The molecule has 1 fully saturated rings. The Kier molecular flexibility index (Phi) is 4.91. The predicted octanol–water partition coefficient (Wildman–Crippen LogP) is 1.45. The average molecular weight is 395 g/mol. The van der Waals surface area contributed by atoms with Crippen molar-refractivity contribution in [1.29, 1.82) is 0 Å². The molecule has 0 bridgehead atoms. The minimum Gasteiger partial charge on any atom is -0.395 e. The molecule has 1 atom stereocenters. The zero-order valence-corrected chi connectivity index (χ0v) is 16.3. The molecule has 2 aliphatic heterocycles. The number of aliphatic hydroxyl groups is 1. The van der Waals surface area contributed by atoms with Crippen molar-refractivity contribution in [3.63, 3.8) is 0 Å². The second kappa shape index (κ2) is 7.70. The molecule has 5 rings (SSSR count). The van der Waals surface area contributed by atoms with Crippen molar-refractivity contribution in [3.8, 4) is 0 Å². The van der Waals surface area contributed by atoms with Crippen LogP contribution < -0.4 is 5.56 Å². The van der Waals surface area contributed by atoms with Crippen LogP contribution in [-0.2, 0) is 31.0 Å². The van der Waals surface area contributed by atoms with Crippen LogP contribution >= 0.6 is 0 Å². The van der Waals surface area contributed by atoms with Crippen molar-refractivity contribution in [2.24, 2.45) is 0 Å². The Morgan fingerprint density at radius 2 is 2.10 bits per heavy atom. The molecular weight excluding hydrogens is 370 g/mol. The molecule has 2 aromatic heterocycles. The molecular formula is C21H25N5O3. The average Bonchev–Trinajstić information content (AvgIpc) is 3.36. The molecule has 1 unspecified atom stereocenters. The smallest absolute Gasteiger partial charge is 0.261 e. The van der Waals surface area contributed by atoms with Gasteiger partial charge in [-0.3, -0.25) is 14.3 Å². The summed E-state index contributed by atoms with van der Waals surface area (Å²) >= 11 is 0. The summed E-state index contributed by atoms with van der Waals surface area (Å²) in [6, 6.07) is 7.46. The Balaban J connectivity index is 1.50. The van der Waals surface area contributed by atoms with Gasteiger partial charge in [-0.05, 0) is 31.5 Å². The number of ether oxygens (including phenoxy) is 1. The van der Waals surface area contributed by atoms with Crippen molar-refractivity contribution < 1.29 is 9.84 Å². The third-order valence-corrected chi connectivity index (χ3v) is 5.86. The van der Waals surface area contributed by atoms with Crippen LogP contribution in [0, 0.1) is 0 Å². The maximum atomic E-state index is 13.1. The molecule has 3 aromatic rings. The van der Waals surface area contributed by atoms with Crippen LogP contribution in [0.15, 0.2) is 35.3 Å². The van der Waals surface area contributed by atoms with Gasteiger partial charge in [0.15, 0.2) is 0 Å². The fourth-order valence-corrected chi connectivity index (χ4v) is 4.50. The molecule has 1 saturated heterocycles. The van der Waals surface area contributed by atoms with Crippen molar-refractivity contribution >= 4 is 10.9 Å². The van der Waals surface area contributed by atoms with Crippen molar-refractivity contribution in [1.82, 2.24) is 24.0 Å². The zero-order valence-electron chi connectivity index (χ0n) is 16.3. The normalized spacial score (nSPS) is 19.7. The summed E-state index contributed by atoms with van der Waals surface area (Å²) in [6.07, 6.45) is 4.10. The van der Waals surface area contributed by atoms with Gasteiger partial charge >= 0.3 is 0 Å². The third-order valence-electron chi connectivity index (χ3n) is 5.86. The van der Waals surface area contributed by atoms with E-state index in [1.54, 1.807) is 10.6 Å². The Hall–Kier alpha value is -2.55. The van der Waals surface area contributed by atoms with Gasteiger partial charge in [-0.25, -0.2) is 9.97 Å². The van der Waals surface area contributed by atoms with E-state index in [0.29, 0.717) is 24.1 Å². The SMILES string of the molecule is O=c1c2ccccc2nc(C2CCCN2Cc2cn3c(n2)COCC3)n1CCO. The lowest BCUT2D eigenvalue weighted by atomic mass is 10.1. The highest BCUT2D eigenvalue weighted by Gasteiger charge is 2.31. The summed E-state index contributed by atoms with van der Waals surface area (Å²) in [7, 11) is 0. The molecule has 1 aromatic carbocycles. The molecule has 8 nitrogen and oxygen atoms in total. The lowest BCUT2D eigenvalue weighted by Crippen LogP contribution is -2.33. The number of rotatable bonds is 5. The Bertz CT molecular complexity index is 1070. The van der Waals surface area contributed by atoms with E-state index in [4.69, 9.17) is 14.7 Å². The number of aliphatic hydroxyl groups excluding tert-OH is 1. The highest BCUT2D eigenvalue weighted by Crippen LogP contribution is 2.32. The number of imidazole rings is 1. The maximum absolute atomic E-state index is 13.1. The minimum absolute atomic E-state index is 0.0360. The summed E-state index contributed by atoms with van der Waals surface area (Å²) < 4.78 is 9.31. The molecule has 152 valence electrons. The van der Waals surface area contributed by atoms with Gasteiger partial charge in [0.05, 0.1) is 42.4 Å². The monoisotopic (exact) mass is 395 g/mol. The van der Waals surface area contributed by atoms with Gasteiger partial charge < -0.3 is 14.4 Å². The topological polar surface area (TPSA) is 85.4 Å². The number of fused-ring (bicyclic) bond motifs is 2. The number of hydrogen-bond acceptors (Lipinski definition) is 6.